The predicted molar refractivity (Wildman–Crippen MR) is 115 cm³/mol. The van der Waals surface area contributed by atoms with E-state index >= 15 is 0 Å². The Morgan fingerprint density at radius 2 is 1.93 bits per heavy atom. The van der Waals surface area contributed by atoms with E-state index in [1.165, 1.54) is 7.11 Å². The van der Waals surface area contributed by atoms with E-state index in [1.807, 2.05) is 66.9 Å². The minimum Gasteiger partial charge on any atom is -0.468 e. The highest BCUT2D eigenvalue weighted by molar-refractivity contribution is 7.98. The lowest BCUT2D eigenvalue weighted by atomic mass is 9.77. The number of thioether (sulfide) groups is 1. The molecule has 0 unspecified atom stereocenters. The quantitative estimate of drug-likeness (QED) is 0.444. The molecule has 1 N–H and O–H groups in total. The number of rotatable bonds is 10. The summed E-state index contributed by atoms with van der Waals surface area (Å²) in [6, 6.07) is 17.6. The summed E-state index contributed by atoms with van der Waals surface area (Å²) >= 11 is 7.69. The number of carbonyl (C=O) groups is 1. The predicted octanol–water partition coefficient (Wildman–Crippen LogP) is 5.06. The molecular weight excluding hydrogens is 378 g/mol. The van der Waals surface area contributed by atoms with Gasteiger partial charge in [0.25, 0.3) is 0 Å². The van der Waals surface area contributed by atoms with Crippen LogP contribution in [0.4, 0.5) is 0 Å². The molecule has 0 aliphatic heterocycles. The van der Waals surface area contributed by atoms with Crippen LogP contribution in [0.3, 0.4) is 0 Å². The molecule has 2 rings (SSSR count). The van der Waals surface area contributed by atoms with Crippen molar-refractivity contribution in [3.8, 4) is 0 Å². The lowest BCUT2D eigenvalue weighted by molar-refractivity contribution is -0.149. The van der Waals surface area contributed by atoms with Crippen LogP contribution in [0.1, 0.15) is 23.5 Å². The largest absolute Gasteiger partial charge is 0.468 e. The Balaban J connectivity index is 2.42. The molecule has 0 aliphatic carbocycles. The van der Waals surface area contributed by atoms with Crippen LogP contribution in [-0.4, -0.2) is 30.6 Å². The number of halogens is 1. The van der Waals surface area contributed by atoms with Gasteiger partial charge in [0.15, 0.2) is 0 Å². The summed E-state index contributed by atoms with van der Waals surface area (Å²) in [6.45, 7) is 4.55. The molecular formula is C22H26ClNO2S. The Morgan fingerprint density at radius 1 is 1.26 bits per heavy atom. The maximum Gasteiger partial charge on any atom is 0.327 e. The third-order valence-corrected chi connectivity index (χ3v) is 5.56. The molecule has 2 aromatic carbocycles. The molecule has 2 aromatic rings. The van der Waals surface area contributed by atoms with Crippen molar-refractivity contribution in [3.05, 3.63) is 83.4 Å². The number of hydrogen-bond acceptors (Lipinski definition) is 4. The number of hydrogen-bond donors (Lipinski definition) is 1. The van der Waals surface area contributed by atoms with Gasteiger partial charge in [-0.2, -0.15) is 11.8 Å². The molecule has 0 aliphatic rings. The fourth-order valence-corrected chi connectivity index (χ4v) is 3.90. The van der Waals surface area contributed by atoms with Gasteiger partial charge in [0.2, 0.25) is 0 Å². The van der Waals surface area contributed by atoms with E-state index in [2.05, 4.69) is 11.9 Å². The van der Waals surface area contributed by atoms with Crippen molar-refractivity contribution in [3.63, 3.8) is 0 Å². The number of methoxy groups -OCH3 is 1. The molecule has 5 heteroatoms. The zero-order valence-electron chi connectivity index (χ0n) is 15.8. The molecule has 0 fully saturated rings. The smallest absolute Gasteiger partial charge is 0.327 e. The molecule has 0 saturated heterocycles. The fourth-order valence-electron chi connectivity index (χ4n) is 3.24. The van der Waals surface area contributed by atoms with Crippen LogP contribution in [0.2, 0.25) is 5.02 Å². The monoisotopic (exact) mass is 403 g/mol. The van der Waals surface area contributed by atoms with Crippen LogP contribution >= 0.6 is 23.4 Å². The van der Waals surface area contributed by atoms with Crippen molar-refractivity contribution < 1.29 is 9.53 Å². The summed E-state index contributed by atoms with van der Waals surface area (Å²) in [5.41, 5.74) is 1.18. The van der Waals surface area contributed by atoms with Crippen molar-refractivity contribution >= 4 is 29.3 Å². The van der Waals surface area contributed by atoms with E-state index in [0.717, 1.165) is 16.9 Å². The Hall–Kier alpha value is -1.75. The third kappa shape index (κ3) is 5.38. The van der Waals surface area contributed by atoms with E-state index in [9.17, 15) is 4.79 Å². The maximum absolute atomic E-state index is 13.0. The van der Waals surface area contributed by atoms with Crippen molar-refractivity contribution in [2.45, 2.75) is 24.4 Å². The molecule has 0 radical (unpaired) electrons. The molecule has 0 aromatic heterocycles. The molecule has 2 atom stereocenters. The second kappa shape index (κ2) is 10.5. The summed E-state index contributed by atoms with van der Waals surface area (Å²) in [5, 5.41) is 4.19. The van der Waals surface area contributed by atoms with Gasteiger partial charge in [0.05, 0.1) is 7.11 Å². The molecule has 0 amide bonds. The first kappa shape index (κ1) is 21.5. The number of benzene rings is 2. The highest BCUT2D eigenvalue weighted by Gasteiger charge is 2.45. The SMILES string of the molecule is C=C[C@@H](c1ccccc1)[C@@](CCSC)(NCc1ccc(Cl)cc1)C(=O)OC. The van der Waals surface area contributed by atoms with Crippen LogP contribution < -0.4 is 5.32 Å². The van der Waals surface area contributed by atoms with E-state index < -0.39 is 5.54 Å². The highest BCUT2D eigenvalue weighted by Crippen LogP contribution is 2.35. The second-order valence-corrected chi connectivity index (χ2v) is 7.73. The minimum atomic E-state index is -0.902. The summed E-state index contributed by atoms with van der Waals surface area (Å²) in [4.78, 5) is 13.0. The van der Waals surface area contributed by atoms with Gasteiger partial charge in [-0.1, -0.05) is 60.1 Å². The van der Waals surface area contributed by atoms with E-state index in [4.69, 9.17) is 16.3 Å². The highest BCUT2D eigenvalue weighted by atomic mass is 35.5. The van der Waals surface area contributed by atoms with Crippen molar-refractivity contribution in [1.82, 2.24) is 5.32 Å². The number of nitrogens with one attached hydrogen (secondary N) is 1. The Kier molecular flexibility index (Phi) is 8.42. The first-order valence-electron chi connectivity index (χ1n) is 8.81. The molecule has 27 heavy (non-hydrogen) atoms. The van der Waals surface area contributed by atoms with E-state index in [1.54, 1.807) is 11.8 Å². The molecule has 144 valence electrons. The van der Waals surface area contributed by atoms with Crippen LogP contribution in [0.25, 0.3) is 0 Å². The summed E-state index contributed by atoms with van der Waals surface area (Å²) < 4.78 is 5.25. The lowest BCUT2D eigenvalue weighted by Crippen LogP contribution is -2.56. The zero-order chi connectivity index (χ0) is 19.7. The van der Waals surface area contributed by atoms with Crippen LogP contribution in [-0.2, 0) is 16.1 Å². The Bertz CT molecular complexity index is 736. The molecule has 0 saturated carbocycles. The summed E-state index contributed by atoms with van der Waals surface area (Å²) in [5.74, 6) is 0.324. The van der Waals surface area contributed by atoms with Gasteiger partial charge in [0.1, 0.15) is 5.54 Å². The average molecular weight is 404 g/mol. The molecule has 3 nitrogen and oxygen atoms in total. The average Bonchev–Trinajstić information content (AvgIpc) is 2.71. The van der Waals surface area contributed by atoms with E-state index in [-0.39, 0.29) is 11.9 Å². The van der Waals surface area contributed by atoms with Gasteiger partial charge in [-0.15, -0.1) is 6.58 Å². The summed E-state index contributed by atoms with van der Waals surface area (Å²) in [7, 11) is 1.44. The number of carbonyl (C=O) groups excluding carboxylic acids is 1. The topological polar surface area (TPSA) is 38.3 Å². The van der Waals surface area contributed by atoms with Crippen molar-refractivity contribution in [2.24, 2.45) is 0 Å². The maximum atomic E-state index is 13.0. The summed E-state index contributed by atoms with van der Waals surface area (Å²) in [6.07, 6.45) is 4.49. The number of esters is 1. The van der Waals surface area contributed by atoms with Crippen LogP contribution in [0, 0.1) is 0 Å². The number of ether oxygens (including phenoxy) is 1. The van der Waals surface area contributed by atoms with Gasteiger partial charge in [-0.25, -0.2) is 0 Å². The Labute approximate surface area is 171 Å². The van der Waals surface area contributed by atoms with Crippen molar-refractivity contribution in [2.75, 3.05) is 19.1 Å². The minimum absolute atomic E-state index is 0.217. The van der Waals surface area contributed by atoms with E-state index in [0.29, 0.717) is 18.0 Å². The lowest BCUT2D eigenvalue weighted by Gasteiger charge is -2.38. The van der Waals surface area contributed by atoms with Crippen LogP contribution in [0.5, 0.6) is 0 Å². The normalized spacial score (nSPS) is 14.2. The first-order chi connectivity index (χ1) is 13.1. The molecule has 0 bridgehead atoms. The van der Waals surface area contributed by atoms with Gasteiger partial charge < -0.3 is 4.74 Å². The standard InChI is InChI=1S/C22H26ClNO2S/c1-4-20(18-8-6-5-7-9-18)22(14-15-27-3,21(25)26-2)24-16-17-10-12-19(23)13-11-17/h4-13,20,24H,1,14-16H2,2-3H3/t20-,22+/m0/s1. The van der Waals surface area contributed by atoms with Crippen molar-refractivity contribution in [1.29, 1.82) is 0 Å². The third-order valence-electron chi connectivity index (χ3n) is 4.70. The van der Waals surface area contributed by atoms with Gasteiger partial charge in [-0.3, -0.25) is 10.1 Å². The molecule has 0 spiro atoms. The first-order valence-corrected chi connectivity index (χ1v) is 10.6. The fraction of sp³-hybridized carbons (Fsp3) is 0.318. The molecule has 0 heterocycles. The van der Waals surface area contributed by atoms with Crippen LogP contribution in [0.15, 0.2) is 67.3 Å². The zero-order valence-corrected chi connectivity index (χ0v) is 17.4. The van der Waals surface area contributed by atoms with Gasteiger partial charge in [0, 0.05) is 17.5 Å². The van der Waals surface area contributed by atoms with Gasteiger partial charge in [-0.05, 0) is 41.7 Å². The second-order valence-electron chi connectivity index (χ2n) is 6.31. The Morgan fingerprint density at radius 3 is 2.48 bits per heavy atom. The van der Waals surface area contributed by atoms with Gasteiger partial charge >= 0.3 is 5.97 Å².